The first kappa shape index (κ1) is 15.3. The maximum absolute atomic E-state index is 12.5. The number of benzene rings is 2. The van der Waals surface area contributed by atoms with Gasteiger partial charge in [0.15, 0.2) is 5.69 Å². The van der Waals surface area contributed by atoms with Gasteiger partial charge in [0.2, 0.25) is 11.0 Å². The van der Waals surface area contributed by atoms with E-state index in [-0.39, 0.29) is 11.2 Å². The summed E-state index contributed by atoms with van der Waals surface area (Å²) in [6.07, 6.45) is 0.715. The Labute approximate surface area is 135 Å². The monoisotopic (exact) mass is 311 g/mol. The summed E-state index contributed by atoms with van der Waals surface area (Å²) in [5.74, 6) is 0.114. The number of aryl methyl sites for hydroxylation is 1. The second-order valence-corrected chi connectivity index (χ2v) is 7.18. The number of hydrogen-bond acceptors (Lipinski definition) is 3. The Hall–Kier alpha value is -2.56. The zero-order chi connectivity index (χ0) is 16.8. The molecular formula is C18H21N3O2. The van der Waals surface area contributed by atoms with Crippen LogP contribution in [0, 0.1) is 17.5 Å². The minimum Gasteiger partial charge on any atom is -0.692 e. The molecule has 1 heterocycles. The van der Waals surface area contributed by atoms with Crippen molar-refractivity contribution in [2.24, 2.45) is 5.41 Å². The summed E-state index contributed by atoms with van der Waals surface area (Å²) in [4.78, 5) is 1.93. The predicted octanol–water partition coefficient (Wildman–Crippen LogP) is 3.26. The average molecular weight is 311 g/mol. The van der Waals surface area contributed by atoms with E-state index in [1.54, 1.807) is 24.3 Å². The van der Waals surface area contributed by atoms with Gasteiger partial charge in [-0.1, -0.05) is 39.0 Å². The van der Waals surface area contributed by atoms with Crippen LogP contribution in [0.1, 0.15) is 31.9 Å². The molecule has 0 amide bonds. The highest BCUT2D eigenvalue weighted by Gasteiger charge is 2.22. The van der Waals surface area contributed by atoms with Gasteiger partial charge in [0.1, 0.15) is 5.75 Å². The number of nitrogens with zero attached hydrogens (tertiary/aromatic N) is 3. The van der Waals surface area contributed by atoms with Crippen molar-refractivity contribution in [1.82, 2.24) is 9.90 Å². The molecule has 0 aliphatic heterocycles. The third-order valence-corrected chi connectivity index (χ3v) is 3.71. The molecule has 0 unspecified atom stereocenters. The lowest BCUT2D eigenvalue weighted by Crippen LogP contribution is -2.37. The summed E-state index contributed by atoms with van der Waals surface area (Å²) in [6.45, 7) is 8.30. The van der Waals surface area contributed by atoms with Crippen LogP contribution >= 0.6 is 0 Å². The van der Waals surface area contributed by atoms with E-state index < -0.39 is 0 Å². The average Bonchev–Trinajstić information content (AvgIpc) is 2.79. The van der Waals surface area contributed by atoms with Crippen LogP contribution in [0.5, 0.6) is 5.75 Å². The van der Waals surface area contributed by atoms with Crippen molar-refractivity contribution in [2.45, 2.75) is 34.1 Å². The fraction of sp³-hybridized carbons (Fsp3) is 0.333. The molecule has 1 aromatic heterocycles. The van der Waals surface area contributed by atoms with Crippen molar-refractivity contribution < 1.29 is 9.95 Å². The van der Waals surface area contributed by atoms with Gasteiger partial charge >= 0.3 is 0 Å². The van der Waals surface area contributed by atoms with Crippen molar-refractivity contribution in [3.63, 3.8) is 0 Å². The van der Waals surface area contributed by atoms with E-state index in [1.807, 2.05) is 19.1 Å². The van der Waals surface area contributed by atoms with Gasteiger partial charge in [0, 0.05) is 0 Å². The van der Waals surface area contributed by atoms with Gasteiger partial charge in [-0.2, -0.15) is 0 Å². The molecule has 0 aliphatic rings. The Kier molecular flexibility index (Phi) is 3.51. The van der Waals surface area contributed by atoms with Gasteiger partial charge in [-0.15, -0.1) is 4.85 Å². The first-order chi connectivity index (χ1) is 10.8. The Morgan fingerprint density at radius 2 is 1.91 bits per heavy atom. The zero-order valence-electron chi connectivity index (χ0n) is 13.9. The molecule has 0 atom stereocenters. The number of fused-ring (bicyclic) bond motifs is 1. The molecule has 3 rings (SSSR count). The van der Waals surface area contributed by atoms with Crippen molar-refractivity contribution in [2.75, 3.05) is 0 Å². The molecule has 2 aromatic carbocycles. The smallest absolute Gasteiger partial charge is 0.250 e. The number of hydrogen-bond donors (Lipinski definition) is 1. The Morgan fingerprint density at radius 3 is 2.57 bits per heavy atom. The topological polar surface area (TPSA) is 65.0 Å². The second kappa shape index (κ2) is 5.26. The van der Waals surface area contributed by atoms with E-state index in [0.29, 0.717) is 28.0 Å². The van der Waals surface area contributed by atoms with Crippen LogP contribution in [0.25, 0.3) is 16.7 Å². The first-order valence-electron chi connectivity index (χ1n) is 7.67. The largest absolute Gasteiger partial charge is 0.692 e. The van der Waals surface area contributed by atoms with Crippen molar-refractivity contribution in [3.05, 3.63) is 52.7 Å². The fourth-order valence-corrected chi connectivity index (χ4v) is 2.80. The highest BCUT2D eigenvalue weighted by Crippen LogP contribution is 2.32. The SMILES string of the molecule is Cc1cc(CC(C)(C)C)c(O)c(-n2nc3ccccc3[n+]2[O-])c1. The molecule has 5 nitrogen and oxygen atoms in total. The van der Waals surface area contributed by atoms with Crippen LogP contribution in [0.3, 0.4) is 0 Å². The van der Waals surface area contributed by atoms with Crippen LogP contribution in [0.2, 0.25) is 0 Å². The Balaban J connectivity index is 2.20. The maximum Gasteiger partial charge on any atom is 0.250 e. The number of aromatic hydroxyl groups is 1. The minimum absolute atomic E-state index is 0.0326. The minimum atomic E-state index is 0.0326. The van der Waals surface area contributed by atoms with E-state index >= 15 is 0 Å². The molecule has 5 heteroatoms. The lowest BCUT2D eigenvalue weighted by atomic mass is 9.87. The molecule has 0 saturated heterocycles. The Bertz CT molecular complexity index is 876. The van der Waals surface area contributed by atoms with Crippen molar-refractivity contribution >= 4 is 11.0 Å². The van der Waals surface area contributed by atoms with E-state index in [4.69, 9.17) is 0 Å². The number of rotatable bonds is 2. The molecule has 23 heavy (non-hydrogen) atoms. The summed E-state index contributed by atoms with van der Waals surface area (Å²) >= 11 is 0. The van der Waals surface area contributed by atoms with Gasteiger partial charge in [-0.25, -0.2) is 0 Å². The lowest BCUT2D eigenvalue weighted by Gasteiger charge is -2.20. The quantitative estimate of drug-likeness (QED) is 0.583. The molecule has 0 radical (unpaired) electrons. The second-order valence-electron chi connectivity index (χ2n) is 7.18. The highest BCUT2D eigenvalue weighted by atomic mass is 16.5. The normalized spacial score (nSPS) is 12.0. The molecule has 3 aromatic rings. The van der Waals surface area contributed by atoms with Crippen LogP contribution in [0.15, 0.2) is 36.4 Å². The summed E-state index contributed by atoms with van der Waals surface area (Å²) in [5.41, 5.74) is 3.33. The third-order valence-electron chi connectivity index (χ3n) is 3.71. The molecule has 0 fully saturated rings. The van der Waals surface area contributed by atoms with Crippen LogP contribution in [-0.4, -0.2) is 15.0 Å². The Morgan fingerprint density at radius 1 is 1.22 bits per heavy atom. The van der Waals surface area contributed by atoms with Gasteiger partial charge in [0.25, 0.3) is 0 Å². The molecule has 1 N–H and O–H groups in total. The van der Waals surface area contributed by atoms with E-state index in [1.165, 1.54) is 4.80 Å². The van der Waals surface area contributed by atoms with Gasteiger partial charge in [-0.05, 0) is 52.9 Å². The predicted molar refractivity (Wildman–Crippen MR) is 89.6 cm³/mol. The number of aromatic nitrogens is 3. The van der Waals surface area contributed by atoms with Crippen molar-refractivity contribution in [1.29, 1.82) is 0 Å². The first-order valence-corrected chi connectivity index (χ1v) is 7.67. The fourth-order valence-electron chi connectivity index (χ4n) is 2.80. The lowest BCUT2D eigenvalue weighted by molar-refractivity contribution is -0.664. The van der Waals surface area contributed by atoms with Gasteiger partial charge in [0.05, 0.1) is 5.10 Å². The molecule has 0 saturated carbocycles. The van der Waals surface area contributed by atoms with Crippen molar-refractivity contribution in [3.8, 4) is 11.4 Å². The van der Waals surface area contributed by atoms with Crippen LogP contribution in [0.4, 0.5) is 0 Å². The number of phenols is 1. The van der Waals surface area contributed by atoms with Gasteiger partial charge in [-0.3, -0.25) is 0 Å². The standard InChI is InChI=1S/C18H21N3O2/c1-12-9-13(11-18(2,3)4)17(22)16(10-12)20-19-14-7-5-6-8-15(14)21(20)23/h5-10,22H,11H2,1-4H3. The highest BCUT2D eigenvalue weighted by molar-refractivity contribution is 5.70. The van der Waals surface area contributed by atoms with Crippen LogP contribution < -0.4 is 4.85 Å². The molecule has 0 bridgehead atoms. The number of para-hydroxylation sites is 1. The third kappa shape index (κ3) is 2.86. The summed E-state index contributed by atoms with van der Waals surface area (Å²) < 4.78 is 0. The van der Waals surface area contributed by atoms with E-state index in [2.05, 4.69) is 25.9 Å². The molecular weight excluding hydrogens is 290 g/mol. The molecule has 0 aliphatic carbocycles. The molecule has 120 valence electrons. The summed E-state index contributed by atoms with van der Waals surface area (Å²) in [7, 11) is 0. The van der Waals surface area contributed by atoms with Crippen LogP contribution in [-0.2, 0) is 6.42 Å². The maximum atomic E-state index is 12.5. The van der Waals surface area contributed by atoms with E-state index in [0.717, 1.165) is 11.1 Å². The molecule has 0 spiro atoms. The van der Waals surface area contributed by atoms with Gasteiger partial charge < -0.3 is 10.3 Å². The zero-order valence-corrected chi connectivity index (χ0v) is 13.9. The summed E-state index contributed by atoms with van der Waals surface area (Å²) in [6, 6.07) is 10.9. The number of phenolic OH excluding ortho intramolecular Hbond substituents is 1. The van der Waals surface area contributed by atoms with E-state index in [9.17, 15) is 10.3 Å². The summed E-state index contributed by atoms with van der Waals surface area (Å²) in [5, 5.41) is 27.5.